The highest BCUT2D eigenvalue weighted by molar-refractivity contribution is 7.57. The standard InChI is InChI=1S/C48H58FN6O8PS/c1-3-22-62-47(59)31(2)52-64(60,63-38-9-5-4-6-10-38)43(49)32-11-16-41-34(25-32)26-42(65-41)44(56)51-39-14-12-36(53-20-23-61-24-21-53)27-37-13-15-40(55(37)45(39)57)46(58)54-30-35(28-48(54)17-18-48)33-8-7-19-50-29-33/h4-11,16,19,25-26,29,31,35-37,39-40,43H,3,12-15,17-18,20-24,27-28,30H2,1-2H3,(H,51,56)(H,52,60)/t31-,35-,36-,37+,39-,40-,43-,64-/m0/s1. The molecule has 8 atom stereocenters. The van der Waals surface area contributed by atoms with E-state index < -0.39 is 43.4 Å². The Bertz CT molecular complexity index is 2420. The monoisotopic (exact) mass is 928 g/mol. The van der Waals surface area contributed by atoms with Gasteiger partial charge >= 0.3 is 13.5 Å². The highest BCUT2D eigenvalue weighted by atomic mass is 32.1. The quantitative estimate of drug-likeness (QED) is 0.0962. The van der Waals surface area contributed by atoms with E-state index in [4.69, 9.17) is 14.0 Å². The summed E-state index contributed by atoms with van der Waals surface area (Å²) in [4.78, 5) is 67.6. The zero-order chi connectivity index (χ0) is 45.3. The van der Waals surface area contributed by atoms with Crippen LogP contribution < -0.4 is 14.9 Å². The van der Waals surface area contributed by atoms with Gasteiger partial charge in [-0.05, 0) is 118 Å². The molecule has 2 N–H and O–H groups in total. The molecule has 4 aromatic rings. The first-order valence-electron chi connectivity index (χ1n) is 23.1. The number of halogens is 1. The van der Waals surface area contributed by atoms with Crippen LogP contribution in [0.1, 0.15) is 104 Å². The maximum absolute atomic E-state index is 16.7. The average molecular weight is 929 g/mol. The SMILES string of the molecule is CCCOC(=O)[C@H](C)N[P@@](=O)(Oc1ccccc1)[C@H](F)c1ccc2sc(C(=O)N[C@H]3CC[C@H](N4CCOCC4)C[C@H]4CC[C@@H](C(=O)N5C[C@@H](c6cccnc6)CC56CC6)N4C3=O)cc2c1. The molecule has 1 aliphatic carbocycles. The molecule has 4 saturated heterocycles. The molecule has 17 heteroatoms. The number of amides is 3. The van der Waals surface area contributed by atoms with Gasteiger partial charge in [0.2, 0.25) is 17.7 Å². The number of pyridine rings is 1. The molecule has 5 fully saturated rings. The topological polar surface area (TPSA) is 160 Å². The van der Waals surface area contributed by atoms with E-state index in [1.54, 1.807) is 48.7 Å². The van der Waals surface area contributed by atoms with E-state index >= 15 is 4.39 Å². The fourth-order valence-electron chi connectivity index (χ4n) is 10.4. The van der Waals surface area contributed by atoms with Crippen LogP contribution in [0.25, 0.3) is 10.1 Å². The van der Waals surface area contributed by atoms with Crippen LogP contribution in [-0.2, 0) is 28.4 Å². The molecule has 65 heavy (non-hydrogen) atoms. The summed E-state index contributed by atoms with van der Waals surface area (Å²) in [6, 6.07) is 15.9. The second-order valence-electron chi connectivity index (χ2n) is 18.3. The highest BCUT2D eigenvalue weighted by Gasteiger charge is 2.59. The van der Waals surface area contributed by atoms with E-state index in [1.165, 1.54) is 30.4 Å². The van der Waals surface area contributed by atoms with Crippen molar-refractivity contribution in [2.24, 2.45) is 0 Å². The van der Waals surface area contributed by atoms with E-state index in [-0.39, 0.29) is 53.3 Å². The number of aromatic nitrogens is 1. The molecule has 3 amide bonds. The number of hydrogen-bond donors (Lipinski definition) is 2. The third-order valence-corrected chi connectivity index (χ3v) is 17.1. The van der Waals surface area contributed by atoms with Crippen molar-refractivity contribution in [3.63, 3.8) is 0 Å². The Hall–Kier alpha value is -4.73. The van der Waals surface area contributed by atoms with E-state index in [0.717, 1.165) is 44.3 Å². The minimum atomic E-state index is -4.47. The summed E-state index contributed by atoms with van der Waals surface area (Å²) < 4.78 is 48.5. The number of alkyl halides is 1. The van der Waals surface area contributed by atoms with E-state index in [0.29, 0.717) is 66.8 Å². The van der Waals surface area contributed by atoms with Crippen LogP contribution >= 0.6 is 18.9 Å². The Kier molecular flexibility index (Phi) is 13.4. The van der Waals surface area contributed by atoms with E-state index in [2.05, 4.69) is 31.3 Å². The summed E-state index contributed by atoms with van der Waals surface area (Å²) in [6.45, 7) is 6.90. The largest absolute Gasteiger partial charge is 0.465 e. The maximum atomic E-state index is 16.7. The lowest BCUT2D eigenvalue weighted by Crippen LogP contribution is -2.59. The number of nitrogens with zero attached hydrogens (tertiary/aromatic N) is 4. The van der Waals surface area contributed by atoms with Crippen molar-refractivity contribution in [3.8, 4) is 5.75 Å². The summed E-state index contributed by atoms with van der Waals surface area (Å²) in [5.74, 6) is -3.21. The van der Waals surface area contributed by atoms with E-state index in [1.807, 2.05) is 24.1 Å². The molecule has 346 valence electrons. The van der Waals surface area contributed by atoms with Gasteiger partial charge in [0.15, 0.2) is 0 Å². The molecule has 6 heterocycles. The van der Waals surface area contributed by atoms with Crippen molar-refractivity contribution in [1.82, 2.24) is 30.1 Å². The average Bonchev–Trinajstić information content (AvgIpc) is 3.60. The van der Waals surface area contributed by atoms with Gasteiger partial charge in [0.25, 0.3) is 5.91 Å². The van der Waals surface area contributed by atoms with Gasteiger partial charge in [-0.25, -0.2) is 9.48 Å². The van der Waals surface area contributed by atoms with Gasteiger partial charge in [-0.2, -0.15) is 0 Å². The number of para-hydroxylation sites is 1. The number of carbonyl (C=O) groups excluding carboxylic acids is 4. The van der Waals surface area contributed by atoms with Crippen LogP contribution in [0.4, 0.5) is 4.39 Å². The molecule has 2 aromatic carbocycles. The molecule has 0 unspecified atom stereocenters. The molecular weight excluding hydrogens is 871 g/mol. The number of fused-ring (bicyclic) bond motifs is 2. The van der Waals surface area contributed by atoms with Crippen LogP contribution in [0.15, 0.2) is 79.1 Å². The van der Waals surface area contributed by atoms with Crippen molar-refractivity contribution < 1.29 is 42.1 Å². The zero-order valence-electron chi connectivity index (χ0n) is 36.9. The highest BCUT2D eigenvalue weighted by Crippen LogP contribution is 2.58. The Morgan fingerprint density at radius 1 is 1.02 bits per heavy atom. The number of thiophene rings is 1. The van der Waals surface area contributed by atoms with E-state index in [9.17, 15) is 23.7 Å². The molecule has 0 bridgehead atoms. The molecule has 5 aliphatic rings. The van der Waals surface area contributed by atoms with Gasteiger partial charge in [-0.1, -0.05) is 37.3 Å². The van der Waals surface area contributed by atoms with Gasteiger partial charge in [-0.3, -0.25) is 33.6 Å². The molecule has 1 spiro atoms. The number of benzene rings is 2. The number of ether oxygens (including phenoxy) is 2. The number of rotatable bonds is 14. The zero-order valence-corrected chi connectivity index (χ0v) is 38.7. The Morgan fingerprint density at radius 3 is 2.54 bits per heavy atom. The predicted octanol–water partition coefficient (Wildman–Crippen LogP) is 7.36. The number of carbonyl (C=O) groups is 4. The molecule has 2 aromatic heterocycles. The summed E-state index contributed by atoms with van der Waals surface area (Å²) in [5, 5.41) is 6.23. The number of nitrogens with one attached hydrogen (secondary N) is 2. The van der Waals surface area contributed by atoms with Crippen LogP contribution in [0.2, 0.25) is 0 Å². The van der Waals surface area contributed by atoms with Gasteiger partial charge in [0, 0.05) is 60.3 Å². The molecule has 9 rings (SSSR count). The summed E-state index contributed by atoms with van der Waals surface area (Å²) in [5.41, 5.74) is 0.974. The minimum absolute atomic E-state index is 0.00425. The fraction of sp³-hybridized carbons (Fsp3) is 0.521. The van der Waals surface area contributed by atoms with Crippen molar-refractivity contribution in [2.45, 2.75) is 119 Å². The first-order valence-corrected chi connectivity index (χ1v) is 25.6. The van der Waals surface area contributed by atoms with Crippen LogP contribution in [0.3, 0.4) is 0 Å². The van der Waals surface area contributed by atoms with Crippen molar-refractivity contribution in [3.05, 3.63) is 95.1 Å². The molecule has 1 saturated carbocycles. The second kappa shape index (κ2) is 19.2. The van der Waals surface area contributed by atoms with Gasteiger partial charge < -0.3 is 29.1 Å². The first kappa shape index (κ1) is 45.4. The normalized spacial score (nSPS) is 26.1. The third kappa shape index (κ3) is 9.60. The molecule has 4 aliphatic heterocycles. The summed E-state index contributed by atoms with van der Waals surface area (Å²) in [6.07, 6.45) is 10.2. The lowest BCUT2D eigenvalue weighted by Gasteiger charge is -2.42. The van der Waals surface area contributed by atoms with Crippen molar-refractivity contribution >= 4 is 52.6 Å². The summed E-state index contributed by atoms with van der Waals surface area (Å²) in [7, 11) is -4.47. The molecule has 14 nitrogen and oxygen atoms in total. The maximum Gasteiger partial charge on any atom is 0.355 e. The van der Waals surface area contributed by atoms with Crippen LogP contribution in [-0.4, -0.2) is 119 Å². The number of hydrogen-bond acceptors (Lipinski definition) is 11. The van der Waals surface area contributed by atoms with Gasteiger partial charge in [0.05, 0.1) is 24.7 Å². The fourth-order valence-corrected chi connectivity index (χ4v) is 13.2. The molecular formula is C48H58FN6O8PS. The first-order chi connectivity index (χ1) is 31.4. The lowest BCUT2D eigenvalue weighted by molar-refractivity contribution is -0.148. The van der Waals surface area contributed by atoms with Crippen LogP contribution in [0.5, 0.6) is 5.75 Å². The van der Waals surface area contributed by atoms with Crippen molar-refractivity contribution in [2.75, 3.05) is 39.5 Å². The minimum Gasteiger partial charge on any atom is -0.465 e. The Morgan fingerprint density at radius 2 is 1.80 bits per heavy atom. The summed E-state index contributed by atoms with van der Waals surface area (Å²) >= 11 is 1.20. The molecule has 0 radical (unpaired) electrons. The van der Waals surface area contributed by atoms with Crippen molar-refractivity contribution in [1.29, 1.82) is 0 Å². The predicted molar refractivity (Wildman–Crippen MR) is 244 cm³/mol. The number of esters is 1. The van der Waals surface area contributed by atoms with Gasteiger partial charge in [-0.15, -0.1) is 11.3 Å². The van der Waals surface area contributed by atoms with Gasteiger partial charge in [0.1, 0.15) is 23.9 Å². The Balaban J connectivity index is 0.949. The third-order valence-electron chi connectivity index (χ3n) is 13.9. The smallest absolute Gasteiger partial charge is 0.355 e. The number of morpholine rings is 1. The second-order valence-corrected chi connectivity index (χ2v) is 21.4. The van der Waals surface area contributed by atoms with Crippen LogP contribution in [0, 0.1) is 0 Å². The number of likely N-dealkylation sites (tertiary alicyclic amines) is 1. The Labute approximate surface area is 383 Å². The lowest BCUT2D eigenvalue weighted by atomic mass is 9.93.